The Hall–Kier alpha value is -4.21. The summed E-state index contributed by atoms with van der Waals surface area (Å²) in [5, 5.41) is 4.57. The number of benzene rings is 2. The number of ether oxygens (including phenoxy) is 2. The van der Waals surface area contributed by atoms with Crippen LogP contribution in [0, 0.1) is 0 Å². The van der Waals surface area contributed by atoms with Crippen LogP contribution < -0.4 is 10.6 Å². The third kappa shape index (κ3) is 5.07. The lowest BCUT2D eigenvalue weighted by Crippen LogP contribution is -2.26. The summed E-state index contributed by atoms with van der Waals surface area (Å²) >= 11 is 6.19. The first-order chi connectivity index (χ1) is 17.3. The molecule has 2 N–H and O–H groups in total. The smallest absolute Gasteiger partial charge is 0.339 e. The number of aromatic nitrogens is 2. The number of fused-ring (bicyclic) bond motifs is 1. The van der Waals surface area contributed by atoms with Crippen LogP contribution in [-0.2, 0) is 9.47 Å². The Balaban J connectivity index is 1.62. The molecule has 0 fully saturated rings. The molecule has 184 valence electrons. The maximum absolute atomic E-state index is 13.3. The van der Waals surface area contributed by atoms with Crippen LogP contribution in [0.25, 0.3) is 16.6 Å². The first kappa shape index (κ1) is 24.9. The zero-order chi connectivity index (χ0) is 25.8. The molecule has 9 nitrogen and oxygen atoms in total. The fourth-order valence-electron chi connectivity index (χ4n) is 3.63. The van der Waals surface area contributed by atoms with E-state index in [0.29, 0.717) is 22.3 Å². The highest BCUT2D eigenvalue weighted by atomic mass is 35.5. The van der Waals surface area contributed by atoms with E-state index in [-0.39, 0.29) is 29.7 Å². The van der Waals surface area contributed by atoms with Crippen molar-refractivity contribution in [3.63, 3.8) is 0 Å². The number of halogens is 1. The average Bonchev–Trinajstić information content (AvgIpc) is 3.31. The van der Waals surface area contributed by atoms with Crippen LogP contribution in [0.5, 0.6) is 0 Å². The molecule has 0 atom stereocenters. The highest BCUT2D eigenvalue weighted by molar-refractivity contribution is 6.33. The molecule has 4 rings (SSSR count). The van der Waals surface area contributed by atoms with Gasteiger partial charge in [-0.05, 0) is 48.0 Å². The van der Waals surface area contributed by atoms with E-state index < -0.39 is 11.9 Å². The van der Waals surface area contributed by atoms with Gasteiger partial charge in [-0.2, -0.15) is 5.10 Å². The number of nitrogens with zero attached hydrogens (tertiary/aromatic N) is 3. The van der Waals surface area contributed by atoms with E-state index in [4.69, 9.17) is 26.8 Å². The van der Waals surface area contributed by atoms with Crippen LogP contribution >= 0.6 is 11.6 Å². The van der Waals surface area contributed by atoms with Gasteiger partial charge in [-0.15, -0.1) is 0 Å². The number of carbonyl (C=O) groups is 3. The second-order valence-electron chi connectivity index (χ2n) is 7.90. The molecule has 0 aliphatic carbocycles. The summed E-state index contributed by atoms with van der Waals surface area (Å²) in [6, 6.07) is 14.9. The SMILES string of the molecule is COCCOC(=O)c1cc(N(C)C(=O)c2ccn3ncc(-c4ccc(C(N)=O)cc4)c3c2)ccc1Cl. The molecule has 0 aliphatic rings. The molecule has 2 heterocycles. The zero-order valence-electron chi connectivity index (χ0n) is 19.6. The Bertz CT molecular complexity index is 1450. The van der Waals surface area contributed by atoms with E-state index in [0.717, 1.165) is 11.1 Å². The molecule has 2 aromatic heterocycles. The number of nitrogens with two attached hydrogens (primary N) is 1. The van der Waals surface area contributed by atoms with Crippen LogP contribution in [0.4, 0.5) is 5.69 Å². The minimum absolute atomic E-state index is 0.0869. The molecule has 0 saturated heterocycles. The van der Waals surface area contributed by atoms with Gasteiger partial charge in [0.15, 0.2) is 0 Å². The van der Waals surface area contributed by atoms with Crippen molar-refractivity contribution < 1.29 is 23.9 Å². The molecule has 0 unspecified atom stereocenters. The van der Waals surface area contributed by atoms with Gasteiger partial charge in [-0.3, -0.25) is 9.59 Å². The van der Waals surface area contributed by atoms with E-state index in [1.54, 1.807) is 72.5 Å². The zero-order valence-corrected chi connectivity index (χ0v) is 20.4. The second-order valence-corrected chi connectivity index (χ2v) is 8.31. The summed E-state index contributed by atoms with van der Waals surface area (Å²) in [6.45, 7) is 0.347. The number of pyridine rings is 1. The number of hydrogen-bond donors (Lipinski definition) is 1. The van der Waals surface area contributed by atoms with Crippen LogP contribution in [0.15, 0.2) is 67.0 Å². The van der Waals surface area contributed by atoms with Crippen LogP contribution in [0.1, 0.15) is 31.1 Å². The number of rotatable bonds is 8. The lowest BCUT2D eigenvalue weighted by molar-refractivity contribution is 0.0388. The molecule has 0 radical (unpaired) electrons. The van der Waals surface area contributed by atoms with E-state index in [2.05, 4.69) is 5.10 Å². The summed E-state index contributed by atoms with van der Waals surface area (Å²) in [4.78, 5) is 38.5. The molecular formula is C26H23ClN4O5. The Morgan fingerprint density at radius 1 is 1.03 bits per heavy atom. The molecular weight excluding hydrogens is 484 g/mol. The highest BCUT2D eigenvalue weighted by Gasteiger charge is 2.19. The standard InChI is InChI=1S/C26H23ClN4O5/c1-30(19-7-8-22(27)20(14-19)26(34)36-12-11-35-2)25(33)18-9-10-31-23(13-18)21(15-29-31)16-3-5-17(6-4-16)24(28)32/h3-10,13-15H,11-12H2,1-2H3,(H2,28,32). The Morgan fingerprint density at radius 3 is 2.47 bits per heavy atom. The predicted molar refractivity (Wildman–Crippen MR) is 135 cm³/mol. The van der Waals surface area contributed by atoms with Crippen molar-refractivity contribution in [1.29, 1.82) is 0 Å². The fourth-order valence-corrected chi connectivity index (χ4v) is 3.83. The summed E-state index contributed by atoms with van der Waals surface area (Å²) in [6.07, 6.45) is 3.38. The van der Waals surface area contributed by atoms with Crippen molar-refractivity contribution in [2.45, 2.75) is 0 Å². The van der Waals surface area contributed by atoms with Gasteiger partial charge >= 0.3 is 5.97 Å². The van der Waals surface area contributed by atoms with Crippen LogP contribution in [-0.4, -0.2) is 54.8 Å². The van der Waals surface area contributed by atoms with Gasteiger partial charge in [-0.1, -0.05) is 23.7 Å². The summed E-state index contributed by atoms with van der Waals surface area (Å²) in [5.74, 6) is -1.41. The Labute approximate surface area is 212 Å². The minimum atomic E-state index is -0.604. The van der Waals surface area contributed by atoms with Gasteiger partial charge in [0.25, 0.3) is 5.91 Å². The maximum atomic E-state index is 13.3. The number of esters is 1. The molecule has 0 aliphatic heterocycles. The molecule has 0 bridgehead atoms. The van der Waals surface area contributed by atoms with Crippen molar-refractivity contribution in [3.8, 4) is 11.1 Å². The summed E-state index contributed by atoms with van der Waals surface area (Å²) < 4.78 is 11.7. The van der Waals surface area contributed by atoms with Crippen molar-refractivity contribution in [3.05, 3.63) is 88.7 Å². The molecule has 4 aromatic rings. The van der Waals surface area contributed by atoms with Crippen molar-refractivity contribution >= 4 is 40.6 Å². The first-order valence-electron chi connectivity index (χ1n) is 10.9. The molecule has 0 spiro atoms. The van der Waals surface area contributed by atoms with Crippen LogP contribution in [0.2, 0.25) is 5.02 Å². The highest BCUT2D eigenvalue weighted by Crippen LogP contribution is 2.28. The monoisotopic (exact) mass is 506 g/mol. The lowest BCUT2D eigenvalue weighted by Gasteiger charge is -2.19. The van der Waals surface area contributed by atoms with Gasteiger partial charge in [-0.25, -0.2) is 9.31 Å². The fraction of sp³-hybridized carbons (Fsp3) is 0.154. The molecule has 2 aromatic carbocycles. The molecule has 2 amide bonds. The minimum Gasteiger partial charge on any atom is -0.460 e. The molecule has 0 saturated carbocycles. The van der Waals surface area contributed by atoms with Gasteiger partial charge in [0.2, 0.25) is 5.91 Å². The van der Waals surface area contributed by atoms with E-state index in [1.807, 2.05) is 0 Å². The van der Waals surface area contributed by atoms with E-state index in [1.165, 1.54) is 18.1 Å². The number of anilines is 1. The second kappa shape index (κ2) is 10.6. The predicted octanol–water partition coefficient (Wildman–Crippen LogP) is 3.83. The lowest BCUT2D eigenvalue weighted by atomic mass is 10.0. The number of primary amides is 1. The van der Waals surface area contributed by atoms with E-state index >= 15 is 0 Å². The number of methoxy groups -OCH3 is 1. The van der Waals surface area contributed by atoms with Gasteiger partial charge in [0.1, 0.15) is 6.61 Å². The third-order valence-corrected chi connectivity index (χ3v) is 5.96. The molecule has 36 heavy (non-hydrogen) atoms. The van der Waals surface area contributed by atoms with Crippen molar-refractivity contribution in [2.75, 3.05) is 32.3 Å². The summed E-state index contributed by atoms with van der Waals surface area (Å²) in [7, 11) is 3.11. The first-order valence-corrected chi connectivity index (χ1v) is 11.3. The number of carbonyl (C=O) groups excluding carboxylic acids is 3. The topological polar surface area (TPSA) is 116 Å². The van der Waals surface area contributed by atoms with Gasteiger partial charge < -0.3 is 20.1 Å². The van der Waals surface area contributed by atoms with Gasteiger partial charge in [0, 0.05) is 42.7 Å². The quantitative estimate of drug-likeness (QED) is 0.287. The molecule has 10 heteroatoms. The maximum Gasteiger partial charge on any atom is 0.339 e. The van der Waals surface area contributed by atoms with Crippen molar-refractivity contribution in [2.24, 2.45) is 5.73 Å². The van der Waals surface area contributed by atoms with Gasteiger partial charge in [0.05, 0.1) is 28.9 Å². The average molecular weight is 507 g/mol. The number of amides is 2. The largest absolute Gasteiger partial charge is 0.460 e. The summed E-state index contributed by atoms with van der Waals surface area (Å²) in [5.41, 5.74) is 9.08. The Morgan fingerprint density at radius 2 is 1.78 bits per heavy atom. The van der Waals surface area contributed by atoms with E-state index in [9.17, 15) is 14.4 Å². The normalized spacial score (nSPS) is 10.9. The third-order valence-electron chi connectivity index (χ3n) is 5.63. The number of hydrogen-bond acceptors (Lipinski definition) is 6. The Kier molecular flexibility index (Phi) is 7.33. The van der Waals surface area contributed by atoms with Crippen LogP contribution in [0.3, 0.4) is 0 Å². The van der Waals surface area contributed by atoms with Crippen molar-refractivity contribution in [1.82, 2.24) is 9.61 Å².